The predicted octanol–water partition coefficient (Wildman–Crippen LogP) is 5.20. The lowest BCUT2D eigenvalue weighted by molar-refractivity contribution is 0.252. The Morgan fingerprint density at radius 2 is 1.90 bits per heavy atom. The zero-order valence-corrected chi connectivity index (χ0v) is 17.5. The number of H-pyrrole nitrogens is 1. The van der Waals surface area contributed by atoms with Gasteiger partial charge in [0.1, 0.15) is 11.9 Å². The van der Waals surface area contributed by atoms with Crippen LogP contribution in [-0.4, -0.2) is 21.8 Å². The molecule has 3 aromatic carbocycles. The van der Waals surface area contributed by atoms with Gasteiger partial charge < -0.3 is 4.98 Å². The normalized spacial score (nSPS) is 17.6. The number of urea groups is 1. The van der Waals surface area contributed by atoms with E-state index < -0.39 is 0 Å². The van der Waals surface area contributed by atoms with E-state index in [9.17, 15) is 4.79 Å². The molecule has 148 valence electrons. The van der Waals surface area contributed by atoms with Crippen LogP contribution in [0.25, 0.3) is 11.0 Å². The zero-order chi connectivity index (χ0) is 20.5. The molecule has 0 saturated carbocycles. The summed E-state index contributed by atoms with van der Waals surface area (Å²) in [5, 5.41) is 2.98. The summed E-state index contributed by atoms with van der Waals surface area (Å²) in [7, 11) is 0. The maximum Gasteiger partial charge on any atom is 0.328 e. The first-order chi connectivity index (χ1) is 14.7. The Hall–Kier alpha value is -3.45. The van der Waals surface area contributed by atoms with E-state index in [1.165, 1.54) is 0 Å². The molecule has 30 heavy (non-hydrogen) atoms. The number of nitrogens with zero attached hydrogens (tertiary/aromatic N) is 3. The predicted molar refractivity (Wildman–Crippen MR) is 122 cm³/mol. The van der Waals surface area contributed by atoms with Crippen molar-refractivity contribution in [3.63, 3.8) is 0 Å². The molecule has 2 N–H and O–H groups in total. The van der Waals surface area contributed by atoms with Crippen molar-refractivity contribution in [2.75, 3.05) is 4.90 Å². The number of fused-ring (bicyclic) bond motifs is 1. The van der Waals surface area contributed by atoms with E-state index in [0.717, 1.165) is 32.3 Å². The third-order valence-corrected chi connectivity index (χ3v) is 5.59. The maximum absolute atomic E-state index is 13.0. The van der Waals surface area contributed by atoms with Crippen LogP contribution >= 0.6 is 15.9 Å². The number of carbonyl (C=O) groups is 1. The summed E-state index contributed by atoms with van der Waals surface area (Å²) >= 11 is 3.55. The van der Waals surface area contributed by atoms with Gasteiger partial charge in [-0.15, -0.1) is 0 Å². The Morgan fingerprint density at radius 3 is 2.73 bits per heavy atom. The van der Waals surface area contributed by atoms with Crippen molar-refractivity contribution in [2.45, 2.75) is 12.6 Å². The molecule has 7 heteroatoms. The topological polar surface area (TPSA) is 73.4 Å². The van der Waals surface area contributed by atoms with Crippen molar-refractivity contribution >= 4 is 44.5 Å². The first-order valence-corrected chi connectivity index (χ1v) is 10.4. The number of aromatic nitrogens is 2. The van der Waals surface area contributed by atoms with Crippen molar-refractivity contribution < 1.29 is 4.79 Å². The summed E-state index contributed by atoms with van der Waals surface area (Å²) < 4.78 is 0.950. The van der Waals surface area contributed by atoms with E-state index in [0.29, 0.717) is 12.4 Å². The zero-order valence-electron chi connectivity index (χ0n) is 15.9. The number of hydrogen-bond donors (Lipinski definition) is 2. The van der Waals surface area contributed by atoms with Crippen molar-refractivity contribution in [3.8, 4) is 0 Å². The number of hydrogen-bond acceptors (Lipinski definition) is 3. The minimum Gasteiger partial charge on any atom is -0.345 e. The highest BCUT2D eigenvalue weighted by Gasteiger charge is 2.39. The summed E-state index contributed by atoms with van der Waals surface area (Å²) in [6.45, 7) is 0.494. The van der Waals surface area contributed by atoms with E-state index in [1.54, 1.807) is 11.2 Å². The van der Waals surface area contributed by atoms with Crippen LogP contribution in [-0.2, 0) is 6.54 Å². The number of nitrogens with one attached hydrogen (secondary N) is 2. The largest absolute Gasteiger partial charge is 0.345 e. The lowest BCUT2D eigenvalue weighted by Crippen LogP contribution is -2.29. The second-order valence-electron chi connectivity index (χ2n) is 7.05. The SMILES string of the molecule is O=C1NC(=NCc2ccccc2)C(c2cccc(Br)c2)N1c1ccc2nc[nH]c2c1. The highest BCUT2D eigenvalue weighted by molar-refractivity contribution is 9.10. The Morgan fingerprint density at radius 1 is 1.03 bits per heavy atom. The Balaban J connectivity index is 1.58. The van der Waals surface area contributed by atoms with Gasteiger partial charge in [-0.1, -0.05) is 58.4 Å². The number of amides is 2. The summed E-state index contributed by atoms with van der Waals surface area (Å²) in [5.41, 5.74) is 4.57. The third kappa shape index (κ3) is 3.48. The molecular formula is C23H18BrN5O. The van der Waals surface area contributed by atoms with Crippen LogP contribution in [0.1, 0.15) is 17.2 Å². The summed E-state index contributed by atoms with van der Waals surface area (Å²) in [6.07, 6.45) is 1.65. The molecule has 0 bridgehead atoms. The number of rotatable bonds is 4. The average Bonchev–Trinajstić information content (AvgIpc) is 3.36. The van der Waals surface area contributed by atoms with E-state index >= 15 is 0 Å². The van der Waals surface area contributed by atoms with Gasteiger partial charge in [-0.25, -0.2) is 9.78 Å². The van der Waals surface area contributed by atoms with E-state index in [-0.39, 0.29) is 12.1 Å². The molecule has 5 rings (SSSR count). The van der Waals surface area contributed by atoms with Gasteiger partial charge >= 0.3 is 6.03 Å². The van der Waals surface area contributed by atoms with Crippen molar-refractivity contribution in [1.82, 2.24) is 15.3 Å². The number of halogens is 1. The molecular weight excluding hydrogens is 442 g/mol. The summed E-state index contributed by atoms with van der Waals surface area (Å²) in [5.74, 6) is 0.631. The molecule has 6 nitrogen and oxygen atoms in total. The molecule has 2 heterocycles. The number of anilines is 1. The number of carbonyl (C=O) groups excluding carboxylic acids is 1. The quantitative estimate of drug-likeness (QED) is 0.440. The van der Waals surface area contributed by atoms with Crippen LogP contribution < -0.4 is 10.2 Å². The first-order valence-electron chi connectivity index (χ1n) is 9.56. The molecule has 1 unspecified atom stereocenters. The molecule has 1 saturated heterocycles. The highest BCUT2D eigenvalue weighted by atomic mass is 79.9. The van der Waals surface area contributed by atoms with Gasteiger partial charge in [-0.3, -0.25) is 15.2 Å². The van der Waals surface area contributed by atoms with Gasteiger partial charge in [0.15, 0.2) is 0 Å². The number of imidazole rings is 1. The minimum atomic E-state index is -0.348. The number of benzene rings is 3. The molecule has 2 amide bonds. The van der Waals surface area contributed by atoms with Crippen molar-refractivity contribution in [2.24, 2.45) is 4.99 Å². The van der Waals surface area contributed by atoms with Crippen LogP contribution in [0, 0.1) is 0 Å². The first kappa shape index (κ1) is 18.6. The van der Waals surface area contributed by atoms with Crippen LogP contribution in [0.5, 0.6) is 0 Å². The van der Waals surface area contributed by atoms with Crippen LogP contribution in [0.15, 0.2) is 88.6 Å². The van der Waals surface area contributed by atoms with Crippen LogP contribution in [0.3, 0.4) is 0 Å². The lowest BCUT2D eigenvalue weighted by atomic mass is 10.0. The second-order valence-corrected chi connectivity index (χ2v) is 7.96. The molecule has 4 aromatic rings. The van der Waals surface area contributed by atoms with Gasteiger partial charge in [-0.2, -0.15) is 0 Å². The Kier molecular flexibility index (Phi) is 4.80. The molecule has 0 spiro atoms. The molecule has 1 aliphatic rings. The number of amidine groups is 1. The van der Waals surface area contributed by atoms with Gasteiger partial charge in [0, 0.05) is 10.2 Å². The van der Waals surface area contributed by atoms with Crippen LogP contribution in [0.4, 0.5) is 10.5 Å². The van der Waals surface area contributed by atoms with Gasteiger partial charge in [0.25, 0.3) is 0 Å². The molecule has 0 aliphatic carbocycles. The fourth-order valence-electron chi connectivity index (χ4n) is 3.69. The maximum atomic E-state index is 13.0. The Bertz CT molecular complexity index is 1250. The number of aliphatic imine (C=N–C) groups is 1. The van der Waals surface area contributed by atoms with E-state index in [1.807, 2.05) is 72.8 Å². The fourth-order valence-corrected chi connectivity index (χ4v) is 4.10. The fraction of sp³-hybridized carbons (Fsp3) is 0.0870. The van der Waals surface area contributed by atoms with E-state index in [2.05, 4.69) is 31.2 Å². The Labute approximate surface area is 181 Å². The van der Waals surface area contributed by atoms with Gasteiger partial charge in [-0.05, 0) is 41.5 Å². The van der Waals surface area contributed by atoms with Gasteiger partial charge in [0.05, 0.1) is 23.9 Å². The third-order valence-electron chi connectivity index (χ3n) is 5.09. The van der Waals surface area contributed by atoms with E-state index in [4.69, 9.17) is 4.99 Å². The summed E-state index contributed by atoms with van der Waals surface area (Å²) in [6, 6.07) is 23.2. The summed E-state index contributed by atoms with van der Waals surface area (Å²) in [4.78, 5) is 26.9. The van der Waals surface area contributed by atoms with Crippen LogP contribution in [0.2, 0.25) is 0 Å². The molecule has 1 atom stereocenters. The number of aromatic amines is 1. The molecule has 1 aliphatic heterocycles. The average molecular weight is 460 g/mol. The van der Waals surface area contributed by atoms with Crippen molar-refractivity contribution in [3.05, 3.63) is 94.7 Å². The smallest absolute Gasteiger partial charge is 0.328 e. The molecule has 1 fully saturated rings. The highest BCUT2D eigenvalue weighted by Crippen LogP contribution is 2.34. The van der Waals surface area contributed by atoms with Crippen molar-refractivity contribution in [1.29, 1.82) is 0 Å². The van der Waals surface area contributed by atoms with Gasteiger partial charge in [0.2, 0.25) is 0 Å². The lowest BCUT2D eigenvalue weighted by Gasteiger charge is -2.23. The minimum absolute atomic E-state index is 0.203. The molecule has 0 radical (unpaired) electrons. The standard InChI is InChI=1S/C23H18BrN5O/c24-17-8-4-7-16(11-17)21-22(25-13-15-5-2-1-3-6-15)28-23(30)29(21)18-9-10-19-20(12-18)27-14-26-19/h1-12,14,21H,13H2,(H,26,27)(H,25,28,30). The second kappa shape index (κ2) is 7.76. The monoisotopic (exact) mass is 459 g/mol. The molecule has 1 aromatic heterocycles.